The van der Waals surface area contributed by atoms with E-state index in [-0.39, 0.29) is 17.1 Å². The van der Waals surface area contributed by atoms with Gasteiger partial charge in [-0.15, -0.1) is 0 Å². The van der Waals surface area contributed by atoms with Crippen LogP contribution in [0.5, 0.6) is 5.75 Å². The van der Waals surface area contributed by atoms with Crippen molar-refractivity contribution in [1.29, 1.82) is 0 Å². The minimum atomic E-state index is -0.452. The van der Waals surface area contributed by atoms with E-state index in [4.69, 9.17) is 13.9 Å². The maximum Gasteiger partial charge on any atom is 0.291 e. The third kappa shape index (κ3) is 3.49. The van der Waals surface area contributed by atoms with Crippen LogP contribution in [0.3, 0.4) is 0 Å². The maximum absolute atomic E-state index is 13.5. The number of rotatable bonds is 5. The Labute approximate surface area is 179 Å². The number of amides is 1. The number of methoxy groups -OCH3 is 1. The number of nitrogens with one attached hydrogen (secondary N) is 1. The molecule has 1 aromatic heterocycles. The number of quaternary nitrogens is 1. The largest absolute Gasteiger partial charge is 0.497 e. The van der Waals surface area contributed by atoms with Gasteiger partial charge in [-0.1, -0.05) is 30.3 Å². The molecule has 0 spiro atoms. The van der Waals surface area contributed by atoms with Crippen molar-refractivity contribution in [2.45, 2.75) is 6.04 Å². The van der Waals surface area contributed by atoms with E-state index in [1.54, 1.807) is 30.2 Å². The van der Waals surface area contributed by atoms with Crippen molar-refractivity contribution in [3.63, 3.8) is 0 Å². The van der Waals surface area contributed by atoms with Gasteiger partial charge in [-0.3, -0.25) is 9.59 Å². The highest BCUT2D eigenvalue weighted by atomic mass is 16.5. The van der Waals surface area contributed by atoms with Crippen LogP contribution in [0.2, 0.25) is 0 Å². The summed E-state index contributed by atoms with van der Waals surface area (Å²) in [6, 6.07) is 14.3. The van der Waals surface area contributed by atoms with Crippen molar-refractivity contribution in [2.75, 3.05) is 46.5 Å². The van der Waals surface area contributed by atoms with Gasteiger partial charge in [-0.05, 0) is 17.7 Å². The zero-order valence-corrected chi connectivity index (χ0v) is 17.4. The first kappa shape index (κ1) is 19.8. The molecule has 1 saturated heterocycles. The van der Waals surface area contributed by atoms with Gasteiger partial charge in [0.2, 0.25) is 5.76 Å². The molecule has 0 unspecified atom stereocenters. The molecule has 2 aliphatic rings. The summed E-state index contributed by atoms with van der Waals surface area (Å²) < 4.78 is 16.7. The summed E-state index contributed by atoms with van der Waals surface area (Å²) in [5.41, 5.74) is 1.53. The van der Waals surface area contributed by atoms with Crippen molar-refractivity contribution < 1.29 is 23.6 Å². The Balaban J connectivity index is 1.59. The number of hydrogen-bond donors (Lipinski definition) is 1. The number of ether oxygens (including phenoxy) is 2. The predicted octanol–water partition coefficient (Wildman–Crippen LogP) is 1.26. The van der Waals surface area contributed by atoms with Crippen molar-refractivity contribution in [3.05, 3.63) is 75.6 Å². The monoisotopic (exact) mass is 421 g/mol. The van der Waals surface area contributed by atoms with Gasteiger partial charge < -0.3 is 23.7 Å². The maximum atomic E-state index is 13.5. The lowest BCUT2D eigenvalue weighted by molar-refractivity contribution is -0.907. The molecular formula is C24H25N2O5+. The summed E-state index contributed by atoms with van der Waals surface area (Å²) in [4.78, 5) is 30.1. The average molecular weight is 421 g/mol. The molecular weight excluding hydrogens is 396 g/mol. The number of carbonyl (C=O) groups excluding carboxylic acids is 1. The van der Waals surface area contributed by atoms with Gasteiger partial charge in [0.05, 0.1) is 50.4 Å². The lowest BCUT2D eigenvalue weighted by Crippen LogP contribution is -3.14. The number of fused-ring (bicyclic) bond motifs is 2. The Morgan fingerprint density at radius 2 is 1.87 bits per heavy atom. The summed E-state index contributed by atoms with van der Waals surface area (Å²) in [5.74, 6) is 0.475. The van der Waals surface area contributed by atoms with E-state index in [9.17, 15) is 9.59 Å². The van der Waals surface area contributed by atoms with E-state index in [2.05, 4.69) is 0 Å². The molecule has 31 heavy (non-hydrogen) atoms. The second kappa shape index (κ2) is 8.17. The van der Waals surface area contributed by atoms with Gasteiger partial charge in [0.25, 0.3) is 5.91 Å². The molecule has 3 aromatic rings. The van der Waals surface area contributed by atoms with E-state index in [0.29, 0.717) is 28.8 Å². The number of nitrogens with zero attached hydrogens (tertiary/aromatic N) is 1. The molecule has 0 bridgehead atoms. The summed E-state index contributed by atoms with van der Waals surface area (Å²) in [6.07, 6.45) is 0. The minimum Gasteiger partial charge on any atom is -0.497 e. The van der Waals surface area contributed by atoms with Gasteiger partial charge in [-0.2, -0.15) is 0 Å². The minimum absolute atomic E-state index is 0.136. The van der Waals surface area contributed by atoms with Gasteiger partial charge in [0.1, 0.15) is 24.4 Å². The molecule has 0 saturated carbocycles. The van der Waals surface area contributed by atoms with Crippen LogP contribution in [0.25, 0.3) is 11.0 Å². The first-order valence-corrected chi connectivity index (χ1v) is 10.6. The molecule has 1 N–H and O–H groups in total. The molecule has 5 rings (SSSR count). The Kier molecular flexibility index (Phi) is 5.21. The lowest BCUT2D eigenvalue weighted by atomic mass is 9.98. The van der Waals surface area contributed by atoms with Crippen LogP contribution in [0.15, 0.2) is 57.7 Å². The zero-order chi connectivity index (χ0) is 21.4. The quantitative estimate of drug-likeness (QED) is 0.672. The third-order valence-electron chi connectivity index (χ3n) is 6.20. The smallest absolute Gasteiger partial charge is 0.291 e. The molecule has 1 amide bonds. The third-order valence-corrected chi connectivity index (χ3v) is 6.20. The van der Waals surface area contributed by atoms with E-state index in [1.165, 1.54) is 4.90 Å². The summed E-state index contributed by atoms with van der Waals surface area (Å²) in [7, 11) is 1.55. The zero-order valence-electron chi connectivity index (χ0n) is 17.4. The van der Waals surface area contributed by atoms with Crippen LogP contribution < -0.4 is 15.1 Å². The van der Waals surface area contributed by atoms with Crippen LogP contribution in [-0.4, -0.2) is 57.3 Å². The Bertz CT molecular complexity index is 1170. The number of hydrogen-bond acceptors (Lipinski definition) is 5. The number of carbonyl (C=O) groups is 1. The first-order valence-electron chi connectivity index (χ1n) is 10.6. The van der Waals surface area contributed by atoms with Gasteiger partial charge >= 0.3 is 0 Å². The highest BCUT2D eigenvalue weighted by Crippen LogP contribution is 2.38. The molecule has 3 heterocycles. The van der Waals surface area contributed by atoms with E-state index in [1.807, 2.05) is 30.3 Å². The molecule has 160 valence electrons. The van der Waals surface area contributed by atoms with E-state index < -0.39 is 6.04 Å². The highest BCUT2D eigenvalue weighted by molar-refractivity contribution is 5.99. The molecule has 2 aliphatic heterocycles. The highest BCUT2D eigenvalue weighted by Gasteiger charge is 2.43. The second-order valence-corrected chi connectivity index (χ2v) is 7.96. The molecule has 2 aromatic carbocycles. The van der Waals surface area contributed by atoms with Crippen LogP contribution in [-0.2, 0) is 4.74 Å². The van der Waals surface area contributed by atoms with Crippen molar-refractivity contribution in [2.24, 2.45) is 0 Å². The summed E-state index contributed by atoms with van der Waals surface area (Å²) in [6.45, 7) is 4.65. The van der Waals surface area contributed by atoms with Gasteiger partial charge in [0, 0.05) is 6.07 Å². The van der Waals surface area contributed by atoms with E-state index in [0.717, 1.165) is 38.4 Å². The molecule has 1 fully saturated rings. The van der Waals surface area contributed by atoms with E-state index >= 15 is 0 Å². The average Bonchev–Trinajstić information content (AvgIpc) is 3.10. The van der Waals surface area contributed by atoms with Crippen molar-refractivity contribution in [3.8, 4) is 5.75 Å². The predicted molar refractivity (Wildman–Crippen MR) is 115 cm³/mol. The molecule has 7 nitrogen and oxygen atoms in total. The van der Waals surface area contributed by atoms with Gasteiger partial charge in [-0.25, -0.2) is 0 Å². The fourth-order valence-electron chi connectivity index (χ4n) is 4.53. The normalized spacial score (nSPS) is 19.1. The molecule has 0 radical (unpaired) electrons. The summed E-state index contributed by atoms with van der Waals surface area (Å²) in [5, 5.41) is 0.453. The molecule has 0 aliphatic carbocycles. The standard InChI is InChI=1S/C24H24N2O5/c1-29-17-7-8-18-19(15-17)31-23-20(22(18)27)21(16-5-3-2-4-6-16)26(24(23)28)10-9-25-11-13-30-14-12-25/h2-8,15,21H,9-14H2,1H3/p+1/t21-/m1/s1. The SMILES string of the molecule is COc1ccc2c(=O)c3c(oc2c1)C(=O)N(CC[NH+]1CCOCC1)[C@@H]3c1ccccc1. The van der Waals surface area contributed by atoms with Crippen LogP contribution >= 0.6 is 0 Å². The first-order chi connectivity index (χ1) is 15.2. The summed E-state index contributed by atoms with van der Waals surface area (Å²) >= 11 is 0. The Morgan fingerprint density at radius 1 is 1.10 bits per heavy atom. The number of morpholine rings is 1. The number of benzene rings is 2. The Hall–Kier alpha value is -3.16. The van der Waals surface area contributed by atoms with Crippen molar-refractivity contribution in [1.82, 2.24) is 4.90 Å². The van der Waals surface area contributed by atoms with Crippen molar-refractivity contribution >= 4 is 16.9 Å². The van der Waals surface area contributed by atoms with Gasteiger partial charge in [0.15, 0.2) is 5.43 Å². The fraction of sp³-hybridized carbons (Fsp3) is 0.333. The topological polar surface area (TPSA) is 73.4 Å². The van der Waals surface area contributed by atoms with Crippen LogP contribution in [0.4, 0.5) is 0 Å². The van der Waals surface area contributed by atoms with Crippen LogP contribution in [0.1, 0.15) is 27.7 Å². The molecule has 7 heteroatoms. The lowest BCUT2D eigenvalue weighted by Gasteiger charge is -2.29. The Morgan fingerprint density at radius 3 is 2.61 bits per heavy atom. The van der Waals surface area contributed by atoms with Crippen LogP contribution in [0, 0.1) is 0 Å². The fourth-order valence-corrected chi connectivity index (χ4v) is 4.53. The second-order valence-electron chi connectivity index (χ2n) is 7.96. The molecule has 1 atom stereocenters.